The van der Waals surface area contributed by atoms with E-state index in [0.717, 1.165) is 0 Å². The van der Waals surface area contributed by atoms with Crippen LogP contribution in [0.25, 0.3) is 0 Å². The second-order valence-electron chi connectivity index (χ2n) is 3.55. The summed E-state index contributed by atoms with van der Waals surface area (Å²) in [5.74, 6) is 0.487. The normalized spacial score (nSPS) is 10.8. The van der Waals surface area contributed by atoms with Crippen molar-refractivity contribution in [2.75, 3.05) is 5.73 Å². The second kappa shape index (κ2) is 4.40. The summed E-state index contributed by atoms with van der Waals surface area (Å²) in [6, 6.07) is 4.14. The molecule has 0 aliphatic heterocycles. The first-order chi connectivity index (χ1) is 8.06. The van der Waals surface area contributed by atoms with Gasteiger partial charge in [0.05, 0.1) is 18.0 Å². The average molecular weight is 239 g/mol. The van der Waals surface area contributed by atoms with Crippen molar-refractivity contribution in [3.05, 3.63) is 36.2 Å². The van der Waals surface area contributed by atoms with Crippen molar-refractivity contribution in [2.45, 2.75) is 6.43 Å². The first kappa shape index (κ1) is 11.4. The SMILES string of the molecule is Cn1cc(Oc2ccc(N)cc2C(F)F)cn1. The van der Waals surface area contributed by atoms with Gasteiger partial charge in [-0.2, -0.15) is 5.10 Å². The predicted molar refractivity (Wildman–Crippen MR) is 59.1 cm³/mol. The molecular formula is C11H11F2N3O. The summed E-state index contributed by atoms with van der Waals surface area (Å²) in [4.78, 5) is 0. The number of nitrogens with zero attached hydrogens (tertiary/aromatic N) is 2. The van der Waals surface area contributed by atoms with Crippen molar-refractivity contribution in [2.24, 2.45) is 7.05 Å². The monoisotopic (exact) mass is 239 g/mol. The van der Waals surface area contributed by atoms with Crippen molar-refractivity contribution in [3.63, 3.8) is 0 Å². The Balaban J connectivity index is 2.32. The maximum absolute atomic E-state index is 12.8. The van der Waals surface area contributed by atoms with Crippen LogP contribution in [0, 0.1) is 0 Å². The molecule has 0 bridgehead atoms. The number of nitrogens with two attached hydrogens (primary N) is 1. The zero-order valence-electron chi connectivity index (χ0n) is 9.10. The van der Waals surface area contributed by atoms with Crippen LogP contribution < -0.4 is 10.5 Å². The van der Waals surface area contributed by atoms with Gasteiger partial charge in [-0.3, -0.25) is 4.68 Å². The molecule has 0 unspecified atom stereocenters. The Hall–Kier alpha value is -2.11. The van der Waals surface area contributed by atoms with Crippen molar-refractivity contribution in [3.8, 4) is 11.5 Å². The molecule has 1 aromatic carbocycles. The molecule has 0 saturated heterocycles. The maximum Gasteiger partial charge on any atom is 0.267 e. The highest BCUT2D eigenvalue weighted by Gasteiger charge is 2.15. The standard InChI is InChI=1S/C11H11F2N3O/c1-16-6-8(5-15-16)17-10-3-2-7(14)4-9(10)11(12)13/h2-6,11H,14H2,1H3. The fourth-order valence-corrected chi connectivity index (χ4v) is 1.41. The first-order valence-electron chi connectivity index (χ1n) is 4.90. The first-order valence-corrected chi connectivity index (χ1v) is 4.90. The molecule has 6 heteroatoms. The summed E-state index contributed by atoms with van der Waals surface area (Å²) in [5, 5.41) is 3.88. The third-order valence-corrected chi connectivity index (χ3v) is 2.18. The number of aryl methyl sites for hydroxylation is 1. The van der Waals surface area contributed by atoms with E-state index in [0.29, 0.717) is 5.75 Å². The van der Waals surface area contributed by atoms with Gasteiger partial charge in [0.15, 0.2) is 5.75 Å². The molecule has 2 rings (SSSR count). The van der Waals surface area contributed by atoms with Gasteiger partial charge in [0, 0.05) is 12.7 Å². The van der Waals surface area contributed by atoms with Crippen LogP contribution >= 0.6 is 0 Å². The van der Waals surface area contributed by atoms with Gasteiger partial charge in [-0.15, -0.1) is 0 Å². The van der Waals surface area contributed by atoms with E-state index in [-0.39, 0.29) is 17.0 Å². The molecule has 0 spiro atoms. The van der Waals surface area contributed by atoms with E-state index in [2.05, 4.69) is 5.10 Å². The van der Waals surface area contributed by atoms with Gasteiger partial charge in [0.25, 0.3) is 6.43 Å². The zero-order valence-corrected chi connectivity index (χ0v) is 9.10. The Morgan fingerprint density at radius 1 is 1.41 bits per heavy atom. The molecule has 0 amide bonds. The van der Waals surface area contributed by atoms with Crippen LogP contribution in [0.2, 0.25) is 0 Å². The average Bonchev–Trinajstić information content (AvgIpc) is 2.66. The van der Waals surface area contributed by atoms with Crippen molar-refractivity contribution < 1.29 is 13.5 Å². The van der Waals surface area contributed by atoms with Gasteiger partial charge >= 0.3 is 0 Å². The fourth-order valence-electron chi connectivity index (χ4n) is 1.41. The summed E-state index contributed by atoms with van der Waals surface area (Å²) >= 11 is 0. The summed E-state index contributed by atoms with van der Waals surface area (Å²) in [5.41, 5.74) is 5.51. The van der Waals surface area contributed by atoms with Crippen LogP contribution in [-0.2, 0) is 7.05 Å². The second-order valence-corrected chi connectivity index (χ2v) is 3.55. The highest BCUT2D eigenvalue weighted by Crippen LogP contribution is 2.33. The third-order valence-electron chi connectivity index (χ3n) is 2.18. The van der Waals surface area contributed by atoms with Gasteiger partial charge in [-0.25, -0.2) is 8.78 Å². The number of rotatable bonds is 3. The molecular weight excluding hydrogens is 228 g/mol. The van der Waals surface area contributed by atoms with Gasteiger partial charge < -0.3 is 10.5 Å². The van der Waals surface area contributed by atoms with Gasteiger partial charge in [-0.05, 0) is 18.2 Å². The Morgan fingerprint density at radius 3 is 2.76 bits per heavy atom. The van der Waals surface area contributed by atoms with Crippen LogP contribution in [0.15, 0.2) is 30.6 Å². The molecule has 2 N–H and O–H groups in total. The van der Waals surface area contributed by atoms with E-state index in [9.17, 15) is 8.78 Å². The Bertz CT molecular complexity index is 525. The molecule has 0 atom stereocenters. The van der Waals surface area contributed by atoms with E-state index in [1.165, 1.54) is 29.1 Å². The van der Waals surface area contributed by atoms with Crippen molar-refractivity contribution in [1.29, 1.82) is 0 Å². The van der Waals surface area contributed by atoms with Crippen LogP contribution in [0.4, 0.5) is 14.5 Å². The molecule has 0 aliphatic rings. The predicted octanol–water partition coefficient (Wildman–Crippen LogP) is 2.73. The number of aromatic nitrogens is 2. The highest BCUT2D eigenvalue weighted by atomic mass is 19.3. The number of halogens is 2. The fraction of sp³-hybridized carbons (Fsp3) is 0.182. The number of hydrogen-bond acceptors (Lipinski definition) is 3. The minimum absolute atomic E-state index is 0.0854. The topological polar surface area (TPSA) is 53.1 Å². The smallest absolute Gasteiger partial charge is 0.267 e. The largest absolute Gasteiger partial charge is 0.454 e. The molecule has 1 heterocycles. The Kier molecular flexibility index (Phi) is 2.95. The molecule has 0 saturated carbocycles. The lowest BCUT2D eigenvalue weighted by atomic mass is 10.2. The zero-order chi connectivity index (χ0) is 12.4. The van der Waals surface area contributed by atoms with Gasteiger partial charge in [0.1, 0.15) is 5.75 Å². The van der Waals surface area contributed by atoms with Crippen molar-refractivity contribution in [1.82, 2.24) is 9.78 Å². The summed E-state index contributed by atoms with van der Waals surface area (Å²) < 4.78 is 32.4. The third kappa shape index (κ3) is 2.52. The van der Waals surface area contributed by atoms with Crippen molar-refractivity contribution >= 4 is 5.69 Å². The minimum Gasteiger partial charge on any atom is -0.454 e. The summed E-state index contributed by atoms with van der Waals surface area (Å²) in [6.45, 7) is 0. The molecule has 4 nitrogen and oxygen atoms in total. The maximum atomic E-state index is 12.8. The quantitative estimate of drug-likeness (QED) is 0.838. The van der Waals surface area contributed by atoms with Gasteiger partial charge in [0.2, 0.25) is 0 Å². The Labute approximate surface area is 96.6 Å². The van der Waals surface area contributed by atoms with E-state index >= 15 is 0 Å². The van der Waals surface area contributed by atoms with E-state index in [4.69, 9.17) is 10.5 Å². The number of benzene rings is 1. The number of ether oxygens (including phenoxy) is 1. The number of alkyl halides is 2. The van der Waals surface area contributed by atoms with Gasteiger partial charge in [-0.1, -0.05) is 0 Å². The van der Waals surface area contributed by atoms with Crippen LogP contribution in [-0.4, -0.2) is 9.78 Å². The Morgan fingerprint density at radius 2 is 2.18 bits per heavy atom. The molecule has 90 valence electrons. The number of nitrogen functional groups attached to an aromatic ring is 1. The summed E-state index contributed by atoms with van der Waals surface area (Å²) in [7, 11) is 1.71. The van der Waals surface area contributed by atoms with E-state index in [1.54, 1.807) is 13.2 Å². The minimum atomic E-state index is -2.63. The lowest BCUT2D eigenvalue weighted by molar-refractivity contribution is 0.148. The molecule has 2 aromatic rings. The summed E-state index contributed by atoms with van der Waals surface area (Å²) in [6.07, 6.45) is 0.405. The lowest BCUT2D eigenvalue weighted by Gasteiger charge is -2.09. The van der Waals surface area contributed by atoms with E-state index < -0.39 is 6.43 Å². The molecule has 0 aliphatic carbocycles. The lowest BCUT2D eigenvalue weighted by Crippen LogP contribution is -1.94. The van der Waals surface area contributed by atoms with Crippen LogP contribution in [0.5, 0.6) is 11.5 Å². The number of hydrogen-bond donors (Lipinski definition) is 1. The highest BCUT2D eigenvalue weighted by molar-refractivity contribution is 5.49. The molecule has 0 radical (unpaired) electrons. The van der Waals surface area contributed by atoms with Crippen LogP contribution in [0.3, 0.4) is 0 Å². The van der Waals surface area contributed by atoms with E-state index in [1.807, 2.05) is 0 Å². The molecule has 0 fully saturated rings. The number of anilines is 1. The molecule has 17 heavy (non-hydrogen) atoms. The van der Waals surface area contributed by atoms with Crippen LogP contribution in [0.1, 0.15) is 12.0 Å². The molecule has 1 aromatic heterocycles.